The van der Waals surface area contributed by atoms with Crippen LogP contribution in [0.25, 0.3) is 0 Å². The molecule has 1 saturated heterocycles. The van der Waals surface area contributed by atoms with Crippen molar-refractivity contribution in [2.75, 3.05) is 32.7 Å². The summed E-state index contributed by atoms with van der Waals surface area (Å²) in [7, 11) is -3.66. The third-order valence-electron chi connectivity index (χ3n) is 5.55. The fourth-order valence-electron chi connectivity index (χ4n) is 3.90. The van der Waals surface area contributed by atoms with E-state index in [0.29, 0.717) is 43.6 Å². The number of H-pyrrole nitrogens is 1. The maximum atomic E-state index is 12.6. The van der Waals surface area contributed by atoms with Crippen molar-refractivity contribution < 1.29 is 22.8 Å². The Morgan fingerprint density at radius 3 is 2.39 bits per heavy atom. The maximum absolute atomic E-state index is 12.6. The SMILES string of the molecule is O=C(CCCN1C(=O)c2ccccc2C1=O)N1CCCN(S(=O)(=O)c2cnc[nH]2)CC1. The fourth-order valence-corrected chi connectivity index (χ4v) is 5.26. The monoisotopic (exact) mass is 445 g/mol. The van der Waals surface area contributed by atoms with Crippen LogP contribution < -0.4 is 0 Å². The molecule has 1 N–H and O–H groups in total. The summed E-state index contributed by atoms with van der Waals surface area (Å²) in [5.41, 5.74) is 0.787. The molecule has 0 bridgehead atoms. The average Bonchev–Trinajstić information content (AvgIpc) is 3.30. The Morgan fingerprint density at radius 1 is 1.03 bits per heavy atom. The Balaban J connectivity index is 1.29. The van der Waals surface area contributed by atoms with Crippen LogP contribution in [0, 0.1) is 0 Å². The van der Waals surface area contributed by atoms with Crippen LogP contribution in [0.5, 0.6) is 0 Å². The van der Waals surface area contributed by atoms with Crippen LogP contribution in [-0.2, 0) is 14.8 Å². The molecule has 11 heteroatoms. The first-order valence-electron chi connectivity index (χ1n) is 10.1. The summed E-state index contributed by atoms with van der Waals surface area (Å²) in [5.74, 6) is -0.776. The fraction of sp³-hybridized carbons (Fsp3) is 0.400. The highest BCUT2D eigenvalue weighted by Crippen LogP contribution is 2.23. The van der Waals surface area contributed by atoms with Gasteiger partial charge in [-0.25, -0.2) is 13.4 Å². The number of imide groups is 1. The molecule has 0 unspecified atom stereocenters. The number of rotatable bonds is 6. The number of carbonyl (C=O) groups is 3. The first kappa shape index (κ1) is 21.2. The zero-order chi connectivity index (χ0) is 22.0. The predicted octanol–water partition coefficient (Wildman–Crippen LogP) is 0.709. The van der Waals surface area contributed by atoms with Crippen LogP contribution in [0.2, 0.25) is 0 Å². The number of fused-ring (bicyclic) bond motifs is 1. The summed E-state index contributed by atoms with van der Waals surface area (Å²) in [6.45, 7) is 1.44. The molecule has 2 aliphatic rings. The number of carbonyl (C=O) groups excluding carboxylic acids is 3. The van der Waals surface area contributed by atoms with E-state index in [4.69, 9.17) is 0 Å². The third-order valence-corrected chi connectivity index (χ3v) is 7.37. The normalized spacial score (nSPS) is 17.7. The van der Waals surface area contributed by atoms with Crippen molar-refractivity contribution in [2.45, 2.75) is 24.3 Å². The van der Waals surface area contributed by atoms with Gasteiger partial charge in [-0.2, -0.15) is 4.31 Å². The van der Waals surface area contributed by atoms with E-state index in [1.54, 1.807) is 29.2 Å². The molecule has 1 aromatic carbocycles. The number of nitrogens with one attached hydrogen (secondary N) is 1. The zero-order valence-electron chi connectivity index (χ0n) is 16.9. The number of aromatic amines is 1. The third kappa shape index (κ3) is 4.10. The lowest BCUT2D eigenvalue weighted by Gasteiger charge is -2.22. The molecule has 3 amide bonds. The molecule has 1 fully saturated rings. The van der Waals surface area contributed by atoms with Crippen molar-refractivity contribution in [1.29, 1.82) is 0 Å². The highest BCUT2D eigenvalue weighted by atomic mass is 32.2. The number of aromatic nitrogens is 2. The molecule has 10 nitrogen and oxygen atoms in total. The van der Waals surface area contributed by atoms with Gasteiger partial charge in [-0.05, 0) is 25.0 Å². The average molecular weight is 446 g/mol. The Labute approximate surface area is 179 Å². The van der Waals surface area contributed by atoms with Crippen LogP contribution in [-0.4, -0.2) is 82.9 Å². The second-order valence-electron chi connectivity index (χ2n) is 7.47. The van der Waals surface area contributed by atoms with Gasteiger partial charge < -0.3 is 9.88 Å². The standard InChI is InChI=1S/C20H23N5O5S/c26-18(7-3-10-25-19(27)15-5-1-2-6-16(15)20(25)28)23-8-4-9-24(12-11-23)31(29,30)17-13-21-14-22-17/h1-2,5-6,13-14H,3-4,7-12H2,(H,21,22). The first-order valence-corrected chi connectivity index (χ1v) is 11.5. The van der Waals surface area contributed by atoms with E-state index < -0.39 is 10.0 Å². The van der Waals surface area contributed by atoms with Crippen molar-refractivity contribution in [3.63, 3.8) is 0 Å². The van der Waals surface area contributed by atoms with Gasteiger partial charge in [-0.15, -0.1) is 0 Å². The van der Waals surface area contributed by atoms with Crippen molar-refractivity contribution >= 4 is 27.7 Å². The molecule has 2 aliphatic heterocycles. The minimum atomic E-state index is -3.66. The maximum Gasteiger partial charge on any atom is 0.261 e. The predicted molar refractivity (Wildman–Crippen MR) is 110 cm³/mol. The second-order valence-corrected chi connectivity index (χ2v) is 9.37. The number of nitrogens with zero attached hydrogens (tertiary/aromatic N) is 4. The molecule has 4 rings (SSSR count). The summed E-state index contributed by atoms with van der Waals surface area (Å²) >= 11 is 0. The van der Waals surface area contributed by atoms with Crippen LogP contribution in [0.3, 0.4) is 0 Å². The molecule has 0 saturated carbocycles. The summed E-state index contributed by atoms with van der Waals surface area (Å²) in [4.78, 5) is 46.6. The van der Waals surface area contributed by atoms with Crippen molar-refractivity contribution in [1.82, 2.24) is 24.1 Å². The van der Waals surface area contributed by atoms with Gasteiger partial charge in [0.15, 0.2) is 5.03 Å². The van der Waals surface area contributed by atoms with E-state index in [9.17, 15) is 22.8 Å². The highest BCUT2D eigenvalue weighted by Gasteiger charge is 2.35. The Morgan fingerprint density at radius 2 is 1.74 bits per heavy atom. The summed E-state index contributed by atoms with van der Waals surface area (Å²) in [6.07, 6.45) is 3.65. The molecular formula is C20H23N5O5S. The lowest BCUT2D eigenvalue weighted by Crippen LogP contribution is -2.38. The first-order chi connectivity index (χ1) is 14.9. The number of amides is 3. The van der Waals surface area contributed by atoms with Crippen molar-refractivity contribution in [3.05, 3.63) is 47.9 Å². The molecule has 0 spiro atoms. The Hall–Kier alpha value is -3.05. The van der Waals surface area contributed by atoms with Crippen LogP contribution in [0.1, 0.15) is 40.0 Å². The molecule has 1 aromatic heterocycles. The van der Waals surface area contributed by atoms with Gasteiger partial charge in [0.1, 0.15) is 0 Å². The number of hydrogen-bond donors (Lipinski definition) is 1. The molecule has 31 heavy (non-hydrogen) atoms. The second kappa shape index (κ2) is 8.60. The van der Waals surface area contributed by atoms with E-state index >= 15 is 0 Å². The minimum Gasteiger partial charge on any atom is -0.341 e. The zero-order valence-corrected chi connectivity index (χ0v) is 17.7. The van der Waals surface area contributed by atoms with Gasteiger partial charge in [0.25, 0.3) is 21.8 Å². The van der Waals surface area contributed by atoms with E-state index in [0.717, 1.165) is 0 Å². The number of sulfonamides is 1. The largest absolute Gasteiger partial charge is 0.341 e. The van der Waals surface area contributed by atoms with Gasteiger partial charge in [-0.3, -0.25) is 19.3 Å². The van der Waals surface area contributed by atoms with Crippen LogP contribution in [0.15, 0.2) is 41.8 Å². The quantitative estimate of drug-likeness (QED) is 0.653. The van der Waals surface area contributed by atoms with E-state index in [2.05, 4.69) is 9.97 Å². The molecule has 2 aromatic rings. The van der Waals surface area contributed by atoms with Gasteiger partial charge in [-0.1, -0.05) is 12.1 Å². The van der Waals surface area contributed by atoms with Crippen LogP contribution >= 0.6 is 0 Å². The lowest BCUT2D eigenvalue weighted by molar-refractivity contribution is -0.131. The van der Waals surface area contributed by atoms with Crippen LogP contribution in [0.4, 0.5) is 0 Å². The van der Waals surface area contributed by atoms with Gasteiger partial charge in [0.2, 0.25) is 5.91 Å². The van der Waals surface area contributed by atoms with Crippen molar-refractivity contribution in [2.24, 2.45) is 0 Å². The van der Waals surface area contributed by atoms with Gasteiger partial charge in [0.05, 0.1) is 23.7 Å². The topological polar surface area (TPSA) is 124 Å². The molecule has 0 radical (unpaired) electrons. The van der Waals surface area contributed by atoms with Crippen molar-refractivity contribution in [3.8, 4) is 0 Å². The smallest absolute Gasteiger partial charge is 0.261 e. The molecule has 0 aliphatic carbocycles. The summed E-state index contributed by atoms with van der Waals surface area (Å²) in [6, 6.07) is 6.68. The molecule has 3 heterocycles. The molecular weight excluding hydrogens is 422 g/mol. The highest BCUT2D eigenvalue weighted by molar-refractivity contribution is 7.89. The molecule has 0 atom stereocenters. The molecule has 164 valence electrons. The lowest BCUT2D eigenvalue weighted by atomic mass is 10.1. The van der Waals surface area contributed by atoms with Gasteiger partial charge >= 0.3 is 0 Å². The number of hydrogen-bond acceptors (Lipinski definition) is 6. The summed E-state index contributed by atoms with van der Waals surface area (Å²) < 4.78 is 26.6. The Kier molecular flexibility index (Phi) is 5.88. The van der Waals surface area contributed by atoms with E-state index in [-0.39, 0.29) is 42.3 Å². The number of benzene rings is 1. The number of imidazole rings is 1. The summed E-state index contributed by atoms with van der Waals surface area (Å²) in [5, 5.41) is 0.0354. The van der Waals surface area contributed by atoms with E-state index in [1.807, 2.05) is 0 Å². The van der Waals surface area contributed by atoms with Gasteiger partial charge in [0, 0.05) is 39.1 Å². The Bertz CT molecular complexity index is 1060. The van der Waals surface area contributed by atoms with E-state index in [1.165, 1.54) is 21.7 Å². The minimum absolute atomic E-state index is 0.0354.